The van der Waals surface area contributed by atoms with Crippen molar-refractivity contribution in [3.8, 4) is 0 Å². The van der Waals surface area contributed by atoms with Crippen molar-refractivity contribution < 1.29 is 4.74 Å². The highest BCUT2D eigenvalue weighted by Crippen LogP contribution is 2.24. The molecule has 0 radical (unpaired) electrons. The first-order valence-corrected chi connectivity index (χ1v) is 6.18. The van der Waals surface area contributed by atoms with E-state index in [1.807, 2.05) is 7.11 Å². The maximum atomic E-state index is 5.23. The Hall–Kier alpha value is -0.120. The van der Waals surface area contributed by atoms with Crippen molar-refractivity contribution in [3.63, 3.8) is 0 Å². The molecule has 3 heteroatoms. The third-order valence-electron chi connectivity index (χ3n) is 3.80. The summed E-state index contributed by atoms with van der Waals surface area (Å²) in [6.07, 6.45) is 3.98. The zero-order valence-electron chi connectivity index (χ0n) is 10.1. The Morgan fingerprint density at radius 3 is 3.07 bits per heavy atom. The van der Waals surface area contributed by atoms with E-state index in [9.17, 15) is 0 Å². The van der Waals surface area contributed by atoms with Crippen LogP contribution < -0.4 is 5.32 Å². The molecule has 2 unspecified atom stereocenters. The first-order chi connectivity index (χ1) is 7.22. The molecule has 0 aromatic rings. The molecule has 0 amide bonds. The van der Waals surface area contributed by atoms with Crippen LogP contribution in [0.25, 0.3) is 0 Å². The lowest BCUT2D eigenvalue weighted by atomic mass is 10.00. The highest BCUT2D eigenvalue weighted by molar-refractivity contribution is 4.93. The van der Waals surface area contributed by atoms with E-state index in [1.54, 1.807) is 0 Å². The normalized spacial score (nSPS) is 37.6. The molecule has 1 N–H and O–H groups in total. The molecule has 2 fully saturated rings. The van der Waals surface area contributed by atoms with E-state index in [2.05, 4.69) is 17.1 Å². The van der Waals surface area contributed by atoms with E-state index in [0.29, 0.717) is 5.54 Å². The van der Waals surface area contributed by atoms with Gasteiger partial charge >= 0.3 is 0 Å². The quantitative estimate of drug-likeness (QED) is 0.755. The standard InChI is InChI=1S/C12H24N2O/c1-12(5-3-6-13-12)10-14-7-4-11(8-14)9-15-2/h11,13H,3-10H2,1-2H3. The predicted molar refractivity (Wildman–Crippen MR) is 62.1 cm³/mol. The van der Waals surface area contributed by atoms with Crippen LogP contribution in [-0.4, -0.2) is 50.3 Å². The first-order valence-electron chi connectivity index (χ1n) is 6.18. The Kier molecular flexibility index (Phi) is 3.65. The molecule has 0 aromatic carbocycles. The van der Waals surface area contributed by atoms with E-state index in [-0.39, 0.29) is 0 Å². The molecule has 2 rings (SSSR count). The average molecular weight is 212 g/mol. The van der Waals surface area contributed by atoms with Crippen molar-refractivity contribution in [2.24, 2.45) is 5.92 Å². The van der Waals surface area contributed by atoms with Gasteiger partial charge in [-0.15, -0.1) is 0 Å². The molecule has 2 aliphatic rings. The minimum absolute atomic E-state index is 0.377. The second-order valence-electron chi connectivity index (χ2n) is 5.44. The van der Waals surface area contributed by atoms with E-state index < -0.39 is 0 Å². The van der Waals surface area contributed by atoms with Crippen molar-refractivity contribution in [2.45, 2.75) is 31.7 Å². The molecule has 0 spiro atoms. The van der Waals surface area contributed by atoms with Crippen molar-refractivity contribution in [2.75, 3.05) is 39.9 Å². The fraction of sp³-hybridized carbons (Fsp3) is 1.00. The lowest BCUT2D eigenvalue weighted by Crippen LogP contribution is -2.46. The van der Waals surface area contributed by atoms with Gasteiger partial charge in [0.25, 0.3) is 0 Å². The summed E-state index contributed by atoms with van der Waals surface area (Å²) in [5.41, 5.74) is 0.377. The summed E-state index contributed by atoms with van der Waals surface area (Å²) in [5.74, 6) is 0.764. The van der Waals surface area contributed by atoms with Gasteiger partial charge in [-0.05, 0) is 45.2 Å². The molecule has 2 aliphatic heterocycles. The maximum Gasteiger partial charge on any atom is 0.0503 e. The van der Waals surface area contributed by atoms with Crippen LogP contribution in [0.5, 0.6) is 0 Å². The fourth-order valence-electron chi connectivity index (χ4n) is 3.01. The topological polar surface area (TPSA) is 24.5 Å². The van der Waals surface area contributed by atoms with Crippen LogP contribution in [0, 0.1) is 5.92 Å². The molecule has 2 atom stereocenters. The minimum atomic E-state index is 0.377. The van der Waals surface area contributed by atoms with Crippen LogP contribution in [0.4, 0.5) is 0 Å². The van der Waals surface area contributed by atoms with Crippen molar-refractivity contribution >= 4 is 0 Å². The van der Waals surface area contributed by atoms with Gasteiger partial charge in [0.2, 0.25) is 0 Å². The Bertz CT molecular complexity index is 202. The van der Waals surface area contributed by atoms with E-state index >= 15 is 0 Å². The second-order valence-corrected chi connectivity index (χ2v) is 5.44. The van der Waals surface area contributed by atoms with Gasteiger partial charge in [0, 0.05) is 25.7 Å². The number of nitrogens with zero attached hydrogens (tertiary/aromatic N) is 1. The zero-order valence-corrected chi connectivity index (χ0v) is 10.1. The van der Waals surface area contributed by atoms with Gasteiger partial charge in [0.05, 0.1) is 6.61 Å². The third-order valence-corrected chi connectivity index (χ3v) is 3.80. The van der Waals surface area contributed by atoms with E-state index in [4.69, 9.17) is 4.74 Å². The highest BCUT2D eigenvalue weighted by Gasteiger charge is 2.32. The van der Waals surface area contributed by atoms with Crippen molar-refractivity contribution in [1.82, 2.24) is 10.2 Å². The van der Waals surface area contributed by atoms with E-state index in [0.717, 1.165) is 12.5 Å². The zero-order chi connectivity index (χ0) is 10.7. The maximum absolute atomic E-state index is 5.23. The SMILES string of the molecule is COCC1CCN(CC2(C)CCCN2)C1. The van der Waals surface area contributed by atoms with Crippen LogP contribution >= 0.6 is 0 Å². The summed E-state index contributed by atoms with van der Waals surface area (Å²) >= 11 is 0. The number of methoxy groups -OCH3 is 1. The molecule has 2 heterocycles. The second kappa shape index (κ2) is 4.81. The number of likely N-dealkylation sites (tertiary alicyclic amines) is 1. The molecule has 15 heavy (non-hydrogen) atoms. The van der Waals surface area contributed by atoms with Gasteiger partial charge in [0.15, 0.2) is 0 Å². The lowest BCUT2D eigenvalue weighted by molar-refractivity contribution is 0.149. The van der Waals surface area contributed by atoms with Crippen LogP contribution in [0.2, 0.25) is 0 Å². The molecule has 3 nitrogen and oxygen atoms in total. The molecule has 88 valence electrons. The number of hydrogen-bond donors (Lipinski definition) is 1. The summed E-state index contributed by atoms with van der Waals surface area (Å²) in [7, 11) is 1.81. The first kappa shape index (κ1) is 11.4. The van der Waals surface area contributed by atoms with Crippen LogP contribution in [-0.2, 0) is 4.74 Å². The molecular weight excluding hydrogens is 188 g/mol. The largest absolute Gasteiger partial charge is 0.384 e. The van der Waals surface area contributed by atoms with Gasteiger partial charge in [-0.25, -0.2) is 0 Å². The molecule has 0 aliphatic carbocycles. The number of hydrogen-bond acceptors (Lipinski definition) is 3. The average Bonchev–Trinajstić information content (AvgIpc) is 2.77. The number of nitrogens with one attached hydrogen (secondary N) is 1. The Morgan fingerprint density at radius 1 is 1.53 bits per heavy atom. The van der Waals surface area contributed by atoms with Crippen LogP contribution in [0.15, 0.2) is 0 Å². The van der Waals surface area contributed by atoms with Crippen molar-refractivity contribution in [3.05, 3.63) is 0 Å². The molecule has 2 saturated heterocycles. The highest BCUT2D eigenvalue weighted by atomic mass is 16.5. The van der Waals surface area contributed by atoms with E-state index in [1.165, 1.54) is 45.4 Å². The smallest absolute Gasteiger partial charge is 0.0503 e. The van der Waals surface area contributed by atoms with Gasteiger partial charge in [-0.3, -0.25) is 0 Å². The number of ether oxygens (including phenoxy) is 1. The monoisotopic (exact) mass is 212 g/mol. The van der Waals surface area contributed by atoms with Gasteiger partial charge in [-0.1, -0.05) is 0 Å². The van der Waals surface area contributed by atoms with Crippen LogP contribution in [0.3, 0.4) is 0 Å². The molecule has 0 saturated carbocycles. The van der Waals surface area contributed by atoms with Crippen LogP contribution in [0.1, 0.15) is 26.2 Å². The predicted octanol–water partition coefficient (Wildman–Crippen LogP) is 1.10. The summed E-state index contributed by atoms with van der Waals surface area (Å²) in [4.78, 5) is 2.60. The third kappa shape index (κ3) is 2.92. The fourth-order valence-corrected chi connectivity index (χ4v) is 3.01. The number of rotatable bonds is 4. The van der Waals surface area contributed by atoms with Gasteiger partial charge < -0.3 is 15.0 Å². The molecular formula is C12H24N2O. The minimum Gasteiger partial charge on any atom is -0.384 e. The van der Waals surface area contributed by atoms with Crippen molar-refractivity contribution in [1.29, 1.82) is 0 Å². The Balaban J connectivity index is 1.76. The summed E-state index contributed by atoms with van der Waals surface area (Å²) in [6, 6.07) is 0. The summed E-state index contributed by atoms with van der Waals surface area (Å²) in [6.45, 7) is 8.19. The molecule has 0 aromatic heterocycles. The lowest BCUT2D eigenvalue weighted by Gasteiger charge is -2.30. The summed E-state index contributed by atoms with van der Waals surface area (Å²) in [5, 5.41) is 3.63. The Morgan fingerprint density at radius 2 is 2.40 bits per heavy atom. The Labute approximate surface area is 93.2 Å². The van der Waals surface area contributed by atoms with Gasteiger partial charge in [0.1, 0.15) is 0 Å². The summed E-state index contributed by atoms with van der Waals surface area (Å²) < 4.78 is 5.23. The van der Waals surface area contributed by atoms with Gasteiger partial charge in [-0.2, -0.15) is 0 Å². The molecule has 0 bridgehead atoms.